The van der Waals surface area contributed by atoms with E-state index in [1.165, 1.54) is 0 Å². The predicted octanol–water partition coefficient (Wildman–Crippen LogP) is 3.57. The Morgan fingerprint density at radius 2 is 2.12 bits per heavy atom. The number of nitrogens with zero attached hydrogens (tertiary/aromatic N) is 1. The van der Waals surface area contributed by atoms with Crippen LogP contribution in [0.4, 0.5) is 5.69 Å². The smallest absolute Gasteiger partial charge is 0.224 e. The van der Waals surface area contributed by atoms with Gasteiger partial charge in [0.15, 0.2) is 0 Å². The molecule has 0 unspecified atom stereocenters. The number of amidine groups is 1. The maximum absolute atomic E-state index is 11.1. The molecule has 0 bridgehead atoms. The van der Waals surface area contributed by atoms with Crippen molar-refractivity contribution in [3.05, 3.63) is 28.2 Å². The van der Waals surface area contributed by atoms with Gasteiger partial charge in [0.25, 0.3) is 0 Å². The molecular formula is C11H12Cl2N2O. The monoisotopic (exact) mass is 258 g/mol. The molecule has 1 N–H and O–H groups in total. The summed E-state index contributed by atoms with van der Waals surface area (Å²) in [7, 11) is 0. The number of rotatable bonds is 2. The molecule has 0 aliphatic rings. The van der Waals surface area contributed by atoms with E-state index >= 15 is 0 Å². The minimum Gasteiger partial charge on any atom is -0.314 e. The molecule has 1 aromatic rings. The molecule has 0 saturated carbocycles. The lowest BCUT2D eigenvalue weighted by Crippen LogP contribution is -2.27. The zero-order valence-corrected chi connectivity index (χ0v) is 10.6. The van der Waals surface area contributed by atoms with E-state index < -0.39 is 0 Å². The quantitative estimate of drug-likeness (QED) is 0.640. The van der Waals surface area contributed by atoms with Gasteiger partial charge in [-0.25, -0.2) is 4.99 Å². The first-order chi connectivity index (χ1) is 7.54. The first-order valence-electron chi connectivity index (χ1n) is 4.83. The predicted molar refractivity (Wildman–Crippen MR) is 67.7 cm³/mol. The molecule has 0 aromatic heterocycles. The molecule has 0 aliphatic carbocycles. The second-order valence-corrected chi connectivity index (χ2v) is 3.96. The van der Waals surface area contributed by atoms with Gasteiger partial charge in [-0.3, -0.25) is 4.79 Å². The molecule has 0 spiro atoms. The summed E-state index contributed by atoms with van der Waals surface area (Å²) in [5.74, 6) is 0.412. The molecule has 1 aromatic carbocycles. The van der Waals surface area contributed by atoms with Crippen molar-refractivity contribution in [2.75, 3.05) is 0 Å². The maximum atomic E-state index is 11.1. The molecule has 0 radical (unpaired) electrons. The molecule has 0 fully saturated rings. The molecule has 1 amide bonds. The molecule has 0 saturated heterocycles. The lowest BCUT2D eigenvalue weighted by atomic mass is 10.3. The standard InChI is InChI=1S/C11H12Cl2N2O/c1-3-10(16)15-7(2)14-9-6-4-5-8(12)11(9)13/h4-6H,3H2,1-2H3,(H,14,15,16). The van der Waals surface area contributed by atoms with Crippen molar-refractivity contribution in [1.29, 1.82) is 0 Å². The number of carbonyl (C=O) groups excluding carboxylic acids is 1. The minimum absolute atomic E-state index is 0.0839. The Kier molecular flexibility index (Phi) is 4.77. The molecule has 86 valence electrons. The van der Waals surface area contributed by atoms with Crippen LogP contribution in [0, 0.1) is 0 Å². The van der Waals surface area contributed by atoms with Crippen LogP contribution in [-0.2, 0) is 4.79 Å². The number of hydrogen-bond donors (Lipinski definition) is 1. The summed E-state index contributed by atoms with van der Waals surface area (Å²) in [5, 5.41) is 3.46. The van der Waals surface area contributed by atoms with Gasteiger partial charge in [0.05, 0.1) is 15.7 Å². The average molecular weight is 259 g/mol. The van der Waals surface area contributed by atoms with Gasteiger partial charge in [0.2, 0.25) is 5.91 Å². The van der Waals surface area contributed by atoms with E-state index in [0.29, 0.717) is 28.0 Å². The summed E-state index contributed by atoms with van der Waals surface area (Å²) < 4.78 is 0. The van der Waals surface area contributed by atoms with E-state index in [1.807, 2.05) is 0 Å². The van der Waals surface area contributed by atoms with Crippen molar-refractivity contribution in [3.63, 3.8) is 0 Å². The summed E-state index contributed by atoms with van der Waals surface area (Å²) in [6.07, 6.45) is 0.413. The first kappa shape index (κ1) is 13.0. The van der Waals surface area contributed by atoms with Gasteiger partial charge in [-0.2, -0.15) is 0 Å². The molecule has 1 rings (SSSR count). The highest BCUT2D eigenvalue weighted by molar-refractivity contribution is 6.43. The lowest BCUT2D eigenvalue weighted by Gasteiger charge is -2.04. The van der Waals surface area contributed by atoms with Gasteiger partial charge in [0, 0.05) is 6.42 Å². The van der Waals surface area contributed by atoms with Gasteiger partial charge >= 0.3 is 0 Å². The third-order valence-corrected chi connectivity index (χ3v) is 2.67. The molecule has 0 heterocycles. The molecule has 3 nitrogen and oxygen atoms in total. The maximum Gasteiger partial charge on any atom is 0.224 e. The van der Waals surface area contributed by atoms with Gasteiger partial charge in [0.1, 0.15) is 5.84 Å². The largest absolute Gasteiger partial charge is 0.314 e. The lowest BCUT2D eigenvalue weighted by molar-refractivity contribution is -0.119. The Hall–Kier alpha value is -1.06. The van der Waals surface area contributed by atoms with Gasteiger partial charge in [-0.05, 0) is 19.1 Å². The Labute approximate surface area is 104 Å². The summed E-state index contributed by atoms with van der Waals surface area (Å²) >= 11 is 11.8. The third kappa shape index (κ3) is 3.51. The number of hydrogen-bond acceptors (Lipinski definition) is 2. The van der Waals surface area contributed by atoms with Crippen LogP contribution in [0.15, 0.2) is 23.2 Å². The van der Waals surface area contributed by atoms with Crippen molar-refractivity contribution >= 4 is 40.6 Å². The summed E-state index contributed by atoms with van der Waals surface area (Å²) in [6.45, 7) is 3.47. The Morgan fingerprint density at radius 1 is 1.44 bits per heavy atom. The topological polar surface area (TPSA) is 41.5 Å². The average Bonchev–Trinajstić information content (AvgIpc) is 2.24. The zero-order chi connectivity index (χ0) is 12.1. The van der Waals surface area contributed by atoms with Gasteiger partial charge in [-0.15, -0.1) is 0 Å². The molecule has 5 heteroatoms. The Bertz CT molecular complexity index is 430. The highest BCUT2D eigenvalue weighted by Crippen LogP contribution is 2.31. The van der Waals surface area contributed by atoms with Crippen LogP contribution in [0.3, 0.4) is 0 Å². The van der Waals surface area contributed by atoms with Gasteiger partial charge < -0.3 is 5.32 Å². The number of aliphatic imine (C=N–C) groups is 1. The van der Waals surface area contributed by atoms with E-state index in [1.54, 1.807) is 32.0 Å². The first-order valence-corrected chi connectivity index (χ1v) is 5.59. The van der Waals surface area contributed by atoms with Crippen molar-refractivity contribution in [1.82, 2.24) is 5.32 Å². The van der Waals surface area contributed by atoms with Crippen LogP contribution in [0.2, 0.25) is 10.0 Å². The molecule has 0 atom stereocenters. The van der Waals surface area contributed by atoms with E-state index in [9.17, 15) is 4.79 Å². The van der Waals surface area contributed by atoms with E-state index in [4.69, 9.17) is 23.2 Å². The van der Waals surface area contributed by atoms with Crippen LogP contribution in [0.1, 0.15) is 20.3 Å². The summed E-state index contributed by atoms with van der Waals surface area (Å²) in [5.41, 5.74) is 0.545. The van der Waals surface area contributed by atoms with Crippen molar-refractivity contribution in [2.45, 2.75) is 20.3 Å². The highest BCUT2D eigenvalue weighted by Gasteiger charge is 2.04. The van der Waals surface area contributed by atoms with Crippen LogP contribution < -0.4 is 5.32 Å². The third-order valence-electron chi connectivity index (χ3n) is 1.86. The number of benzene rings is 1. The Balaban J connectivity index is 2.90. The molecular weight excluding hydrogens is 247 g/mol. The highest BCUT2D eigenvalue weighted by atomic mass is 35.5. The van der Waals surface area contributed by atoms with Crippen molar-refractivity contribution in [3.8, 4) is 0 Å². The fraction of sp³-hybridized carbons (Fsp3) is 0.273. The normalized spacial score (nSPS) is 11.4. The second-order valence-electron chi connectivity index (χ2n) is 3.17. The second kappa shape index (κ2) is 5.87. The van der Waals surface area contributed by atoms with Crippen LogP contribution in [0.5, 0.6) is 0 Å². The molecule has 0 aliphatic heterocycles. The Morgan fingerprint density at radius 3 is 2.75 bits per heavy atom. The number of carbonyl (C=O) groups is 1. The fourth-order valence-corrected chi connectivity index (χ4v) is 1.42. The minimum atomic E-state index is -0.0839. The van der Waals surface area contributed by atoms with Crippen molar-refractivity contribution in [2.24, 2.45) is 4.99 Å². The number of nitrogens with one attached hydrogen (secondary N) is 1. The summed E-state index contributed by atoms with van der Waals surface area (Å²) in [6, 6.07) is 5.17. The SMILES string of the molecule is CCC(=O)NC(C)=Nc1cccc(Cl)c1Cl. The fourth-order valence-electron chi connectivity index (χ4n) is 1.08. The zero-order valence-electron chi connectivity index (χ0n) is 9.05. The van der Waals surface area contributed by atoms with E-state index in [2.05, 4.69) is 10.3 Å². The van der Waals surface area contributed by atoms with Crippen molar-refractivity contribution < 1.29 is 4.79 Å². The summed E-state index contributed by atoms with van der Waals surface area (Å²) in [4.78, 5) is 15.3. The van der Waals surface area contributed by atoms with Gasteiger partial charge in [-0.1, -0.05) is 36.2 Å². The number of amides is 1. The number of halogens is 2. The molecule has 16 heavy (non-hydrogen) atoms. The van der Waals surface area contributed by atoms with Crippen LogP contribution in [-0.4, -0.2) is 11.7 Å². The van der Waals surface area contributed by atoms with Crippen LogP contribution >= 0.6 is 23.2 Å². The van der Waals surface area contributed by atoms with Crippen LogP contribution in [0.25, 0.3) is 0 Å². The van der Waals surface area contributed by atoms with E-state index in [-0.39, 0.29) is 5.91 Å². The van der Waals surface area contributed by atoms with E-state index in [0.717, 1.165) is 0 Å².